The van der Waals surface area contributed by atoms with Gasteiger partial charge in [-0.3, -0.25) is 0 Å². The van der Waals surface area contributed by atoms with Gasteiger partial charge in [0.05, 0.1) is 0 Å². The summed E-state index contributed by atoms with van der Waals surface area (Å²) in [5.74, 6) is 0. The van der Waals surface area contributed by atoms with E-state index in [1.165, 1.54) is 0 Å². The van der Waals surface area contributed by atoms with Gasteiger partial charge in [-0.25, -0.2) is 0 Å². The molecule has 0 spiro atoms. The first-order valence-corrected chi connectivity index (χ1v) is 4.09. The van der Waals surface area contributed by atoms with Crippen LogP contribution >= 0.6 is 15.9 Å². The number of hydrogen-bond donors (Lipinski definition) is 0. The van der Waals surface area contributed by atoms with E-state index in [0.29, 0.717) is 5.56 Å². The summed E-state index contributed by atoms with van der Waals surface area (Å²) in [6, 6.07) is 12.7. The van der Waals surface area contributed by atoms with Crippen LogP contribution in [0.15, 0.2) is 30.3 Å². The quantitative estimate of drug-likeness (QED) is 0.683. The molecule has 12 heavy (non-hydrogen) atoms. The van der Waals surface area contributed by atoms with Crippen LogP contribution in [0.3, 0.4) is 0 Å². The van der Waals surface area contributed by atoms with E-state index < -0.39 is 4.32 Å². The van der Waals surface area contributed by atoms with Crippen LogP contribution in [0.25, 0.3) is 0 Å². The van der Waals surface area contributed by atoms with Crippen molar-refractivity contribution in [2.45, 2.75) is 4.32 Å². The molecule has 0 aliphatic carbocycles. The van der Waals surface area contributed by atoms with E-state index in [1.54, 1.807) is 24.3 Å². The maximum absolute atomic E-state index is 8.72. The normalized spacial score (nSPS) is 9.92. The average molecular weight is 221 g/mol. The number of nitriles is 2. The van der Waals surface area contributed by atoms with Crippen molar-refractivity contribution in [1.29, 1.82) is 10.5 Å². The lowest BCUT2D eigenvalue weighted by molar-refractivity contribution is 1.04. The van der Waals surface area contributed by atoms with Gasteiger partial charge in [0.2, 0.25) is 4.32 Å². The van der Waals surface area contributed by atoms with Crippen molar-refractivity contribution < 1.29 is 0 Å². The molecule has 0 radical (unpaired) electrons. The van der Waals surface area contributed by atoms with E-state index in [0.717, 1.165) is 0 Å². The van der Waals surface area contributed by atoms with Crippen LogP contribution in [-0.4, -0.2) is 0 Å². The first-order valence-electron chi connectivity index (χ1n) is 3.30. The van der Waals surface area contributed by atoms with Crippen LogP contribution in [0.4, 0.5) is 0 Å². The van der Waals surface area contributed by atoms with Crippen LogP contribution in [0.5, 0.6) is 0 Å². The van der Waals surface area contributed by atoms with Crippen molar-refractivity contribution in [2.75, 3.05) is 0 Å². The number of benzene rings is 1. The Hall–Kier alpha value is -1.32. The molecule has 2 nitrogen and oxygen atoms in total. The second kappa shape index (κ2) is 3.38. The van der Waals surface area contributed by atoms with Crippen LogP contribution in [0.1, 0.15) is 5.56 Å². The molecule has 0 unspecified atom stereocenters. The molecule has 0 aliphatic rings. The van der Waals surface area contributed by atoms with Crippen molar-refractivity contribution in [3.63, 3.8) is 0 Å². The van der Waals surface area contributed by atoms with Crippen molar-refractivity contribution in [1.82, 2.24) is 0 Å². The van der Waals surface area contributed by atoms with Gasteiger partial charge in [-0.05, 0) is 21.5 Å². The minimum atomic E-state index is -1.20. The van der Waals surface area contributed by atoms with E-state index in [4.69, 9.17) is 10.5 Å². The fraction of sp³-hybridized carbons (Fsp3) is 0.111. The molecule has 1 rings (SSSR count). The molecule has 0 bridgehead atoms. The summed E-state index contributed by atoms with van der Waals surface area (Å²) < 4.78 is -1.20. The van der Waals surface area contributed by atoms with Gasteiger partial charge in [-0.15, -0.1) is 0 Å². The first kappa shape index (κ1) is 8.77. The van der Waals surface area contributed by atoms with E-state index in [-0.39, 0.29) is 0 Å². The average Bonchev–Trinajstić information content (AvgIpc) is 2.18. The van der Waals surface area contributed by atoms with Gasteiger partial charge in [0.15, 0.2) is 0 Å². The maximum Gasteiger partial charge on any atom is 0.222 e. The van der Waals surface area contributed by atoms with Gasteiger partial charge in [-0.1, -0.05) is 30.3 Å². The highest BCUT2D eigenvalue weighted by Gasteiger charge is 2.27. The van der Waals surface area contributed by atoms with Crippen molar-refractivity contribution in [3.05, 3.63) is 35.9 Å². The zero-order valence-corrected chi connectivity index (χ0v) is 7.75. The molecular weight excluding hydrogens is 216 g/mol. The number of alkyl halides is 1. The number of nitrogens with zero attached hydrogens (tertiary/aromatic N) is 2. The Morgan fingerprint density at radius 2 is 1.58 bits per heavy atom. The predicted molar refractivity (Wildman–Crippen MR) is 48.3 cm³/mol. The third kappa shape index (κ3) is 1.47. The van der Waals surface area contributed by atoms with Crippen LogP contribution in [-0.2, 0) is 4.32 Å². The Morgan fingerprint density at radius 3 is 2.00 bits per heavy atom. The topological polar surface area (TPSA) is 47.6 Å². The minimum absolute atomic E-state index is 0.662. The molecule has 0 aliphatic heterocycles. The largest absolute Gasteiger partial charge is 0.222 e. The highest BCUT2D eigenvalue weighted by Crippen LogP contribution is 2.29. The zero-order valence-electron chi connectivity index (χ0n) is 6.16. The Labute approximate surface area is 79.2 Å². The molecule has 0 N–H and O–H groups in total. The Bertz CT molecular complexity index is 331. The SMILES string of the molecule is N#CC(Br)(C#N)c1ccccc1. The third-order valence-electron chi connectivity index (χ3n) is 1.48. The highest BCUT2D eigenvalue weighted by atomic mass is 79.9. The van der Waals surface area contributed by atoms with Gasteiger partial charge in [0.25, 0.3) is 0 Å². The summed E-state index contributed by atoms with van der Waals surface area (Å²) >= 11 is 3.07. The molecule has 0 heterocycles. The molecule has 0 atom stereocenters. The first-order chi connectivity index (χ1) is 5.73. The summed E-state index contributed by atoms with van der Waals surface area (Å²) in [7, 11) is 0. The van der Waals surface area contributed by atoms with Crippen LogP contribution < -0.4 is 0 Å². The van der Waals surface area contributed by atoms with Gasteiger partial charge in [0.1, 0.15) is 12.1 Å². The van der Waals surface area contributed by atoms with Gasteiger partial charge in [0, 0.05) is 0 Å². The summed E-state index contributed by atoms with van der Waals surface area (Å²) in [5, 5.41) is 17.4. The summed E-state index contributed by atoms with van der Waals surface area (Å²) in [6.07, 6.45) is 0. The third-order valence-corrected chi connectivity index (χ3v) is 2.29. The summed E-state index contributed by atoms with van der Waals surface area (Å²) in [6.45, 7) is 0. The lowest BCUT2D eigenvalue weighted by atomic mass is 10.0. The molecule has 0 fully saturated rings. The molecule has 0 saturated heterocycles. The monoisotopic (exact) mass is 220 g/mol. The number of rotatable bonds is 1. The predicted octanol–water partition coefficient (Wildman–Crippen LogP) is 2.32. The van der Waals surface area contributed by atoms with Crippen molar-refractivity contribution in [2.24, 2.45) is 0 Å². The van der Waals surface area contributed by atoms with E-state index in [9.17, 15) is 0 Å². The Kier molecular flexibility index (Phi) is 2.47. The molecule has 0 aromatic heterocycles. The fourth-order valence-electron chi connectivity index (χ4n) is 0.822. The molecule has 58 valence electrons. The maximum atomic E-state index is 8.72. The van der Waals surface area contributed by atoms with Crippen LogP contribution in [0.2, 0.25) is 0 Å². The van der Waals surface area contributed by atoms with Crippen molar-refractivity contribution in [3.8, 4) is 12.1 Å². The van der Waals surface area contributed by atoms with Gasteiger partial charge >= 0.3 is 0 Å². The number of halogens is 1. The minimum Gasteiger partial charge on any atom is -0.195 e. The summed E-state index contributed by atoms with van der Waals surface area (Å²) in [4.78, 5) is 0. The second-order valence-corrected chi connectivity index (χ2v) is 3.44. The number of hydrogen-bond acceptors (Lipinski definition) is 2. The summed E-state index contributed by atoms with van der Waals surface area (Å²) in [5.41, 5.74) is 0.662. The lowest BCUT2D eigenvalue weighted by Gasteiger charge is -2.08. The van der Waals surface area contributed by atoms with E-state index in [1.807, 2.05) is 18.2 Å². The lowest BCUT2D eigenvalue weighted by Crippen LogP contribution is -2.11. The molecule has 3 heteroatoms. The molecule has 0 amide bonds. The van der Waals surface area contributed by atoms with Crippen molar-refractivity contribution >= 4 is 15.9 Å². The molecule has 0 saturated carbocycles. The van der Waals surface area contributed by atoms with E-state index in [2.05, 4.69) is 15.9 Å². The second-order valence-electron chi connectivity index (χ2n) is 2.25. The smallest absolute Gasteiger partial charge is 0.195 e. The van der Waals surface area contributed by atoms with Gasteiger partial charge in [-0.2, -0.15) is 10.5 Å². The zero-order chi connectivity index (χ0) is 9.03. The Morgan fingerprint density at radius 1 is 1.08 bits per heavy atom. The van der Waals surface area contributed by atoms with Gasteiger partial charge < -0.3 is 0 Å². The molecule has 1 aromatic carbocycles. The molecular formula is C9H5BrN2. The molecule has 1 aromatic rings. The fourth-order valence-corrected chi connectivity index (χ4v) is 1.09. The van der Waals surface area contributed by atoms with Crippen LogP contribution in [0, 0.1) is 22.7 Å². The Balaban J connectivity index is 3.17. The van der Waals surface area contributed by atoms with E-state index >= 15 is 0 Å². The highest BCUT2D eigenvalue weighted by molar-refractivity contribution is 9.10. The standard InChI is InChI=1S/C9H5BrN2/c10-9(6-11,7-12)8-4-2-1-3-5-8/h1-5H.